The van der Waals surface area contributed by atoms with Gasteiger partial charge in [0, 0.05) is 11.4 Å². The second kappa shape index (κ2) is 7.03. The molecule has 1 aliphatic rings. The van der Waals surface area contributed by atoms with E-state index in [-0.39, 0.29) is 18.3 Å². The highest BCUT2D eigenvalue weighted by Gasteiger charge is 2.15. The minimum atomic E-state index is -0.294. The number of hydrazone groups is 1. The maximum absolute atomic E-state index is 12.7. The number of carbonyl (C=O) groups is 1. The molecule has 1 saturated carbocycles. The molecule has 5 heteroatoms. The van der Waals surface area contributed by atoms with Gasteiger partial charge in [-0.1, -0.05) is 13.3 Å². The van der Waals surface area contributed by atoms with Gasteiger partial charge in [-0.2, -0.15) is 5.10 Å². The lowest BCUT2D eigenvalue weighted by Crippen LogP contribution is -2.28. The van der Waals surface area contributed by atoms with Crippen molar-refractivity contribution in [3.63, 3.8) is 0 Å². The second-order valence-electron chi connectivity index (χ2n) is 5.15. The van der Waals surface area contributed by atoms with Crippen molar-refractivity contribution in [2.45, 2.75) is 32.6 Å². The Morgan fingerprint density at radius 1 is 1.35 bits per heavy atom. The van der Waals surface area contributed by atoms with E-state index in [9.17, 15) is 9.18 Å². The quantitative estimate of drug-likeness (QED) is 0.831. The summed E-state index contributed by atoms with van der Waals surface area (Å²) in [5, 5.41) is 7.13. The van der Waals surface area contributed by atoms with Crippen LogP contribution >= 0.6 is 0 Å². The van der Waals surface area contributed by atoms with Crippen LogP contribution in [0.1, 0.15) is 32.6 Å². The van der Waals surface area contributed by atoms with Gasteiger partial charge in [0.15, 0.2) is 0 Å². The Balaban J connectivity index is 1.77. The number of rotatable bonds is 4. The third kappa shape index (κ3) is 4.33. The van der Waals surface area contributed by atoms with Crippen molar-refractivity contribution in [3.05, 3.63) is 30.1 Å². The number of nitrogens with zero attached hydrogens (tertiary/aromatic N) is 1. The molecule has 0 spiro atoms. The van der Waals surface area contributed by atoms with Crippen LogP contribution in [0.3, 0.4) is 0 Å². The normalized spacial score (nSPS) is 20.7. The van der Waals surface area contributed by atoms with Gasteiger partial charge in [0.25, 0.3) is 5.91 Å². The molecule has 20 heavy (non-hydrogen) atoms. The average molecular weight is 277 g/mol. The van der Waals surface area contributed by atoms with Crippen LogP contribution in [-0.4, -0.2) is 18.2 Å². The van der Waals surface area contributed by atoms with Crippen molar-refractivity contribution in [1.29, 1.82) is 0 Å². The summed E-state index contributed by atoms with van der Waals surface area (Å²) >= 11 is 0. The maximum atomic E-state index is 12.7. The van der Waals surface area contributed by atoms with Gasteiger partial charge in [-0.3, -0.25) is 4.79 Å². The van der Waals surface area contributed by atoms with Gasteiger partial charge in [0.05, 0.1) is 6.54 Å². The summed E-state index contributed by atoms with van der Waals surface area (Å²) in [5.41, 5.74) is 4.36. The van der Waals surface area contributed by atoms with Gasteiger partial charge in [-0.15, -0.1) is 0 Å². The molecule has 1 fully saturated rings. The van der Waals surface area contributed by atoms with Crippen LogP contribution in [0.4, 0.5) is 10.1 Å². The lowest BCUT2D eigenvalue weighted by atomic mass is 9.89. The minimum absolute atomic E-state index is 0.122. The van der Waals surface area contributed by atoms with Crippen LogP contribution in [0.15, 0.2) is 29.4 Å². The van der Waals surface area contributed by atoms with E-state index < -0.39 is 0 Å². The van der Waals surface area contributed by atoms with E-state index in [1.165, 1.54) is 18.6 Å². The Morgan fingerprint density at radius 2 is 2.10 bits per heavy atom. The van der Waals surface area contributed by atoms with Crippen molar-refractivity contribution in [2.75, 3.05) is 11.9 Å². The molecule has 0 bridgehead atoms. The van der Waals surface area contributed by atoms with Crippen LogP contribution in [0.2, 0.25) is 0 Å². The molecular weight excluding hydrogens is 257 g/mol. The smallest absolute Gasteiger partial charge is 0.259 e. The fourth-order valence-electron chi connectivity index (χ4n) is 2.26. The molecule has 1 atom stereocenters. The van der Waals surface area contributed by atoms with Crippen molar-refractivity contribution >= 4 is 17.3 Å². The van der Waals surface area contributed by atoms with Gasteiger partial charge in [0.1, 0.15) is 5.82 Å². The lowest BCUT2D eigenvalue weighted by molar-refractivity contribution is -0.119. The summed E-state index contributed by atoms with van der Waals surface area (Å²) < 4.78 is 12.7. The molecule has 0 heterocycles. The van der Waals surface area contributed by atoms with Crippen LogP contribution in [0, 0.1) is 11.7 Å². The number of hydrogen-bond acceptors (Lipinski definition) is 3. The van der Waals surface area contributed by atoms with E-state index in [4.69, 9.17) is 0 Å². The van der Waals surface area contributed by atoms with Crippen molar-refractivity contribution in [3.8, 4) is 0 Å². The molecule has 1 amide bonds. The van der Waals surface area contributed by atoms with E-state index in [2.05, 4.69) is 22.8 Å². The van der Waals surface area contributed by atoms with E-state index in [1.807, 2.05) is 0 Å². The topological polar surface area (TPSA) is 53.5 Å². The summed E-state index contributed by atoms with van der Waals surface area (Å²) in [4.78, 5) is 11.7. The average Bonchev–Trinajstić information content (AvgIpc) is 2.46. The minimum Gasteiger partial charge on any atom is -0.376 e. The Kier molecular flexibility index (Phi) is 5.09. The largest absolute Gasteiger partial charge is 0.376 e. The molecule has 1 aliphatic carbocycles. The Bertz CT molecular complexity index is 484. The lowest BCUT2D eigenvalue weighted by Gasteiger charge is -2.19. The first-order valence-corrected chi connectivity index (χ1v) is 7.00. The molecule has 2 rings (SSSR count). The van der Waals surface area contributed by atoms with Gasteiger partial charge >= 0.3 is 0 Å². The van der Waals surface area contributed by atoms with Crippen LogP contribution in [0.25, 0.3) is 0 Å². The first kappa shape index (κ1) is 14.5. The van der Waals surface area contributed by atoms with E-state index in [1.54, 1.807) is 12.1 Å². The van der Waals surface area contributed by atoms with E-state index in [0.717, 1.165) is 25.0 Å². The van der Waals surface area contributed by atoms with E-state index in [0.29, 0.717) is 11.6 Å². The third-order valence-electron chi connectivity index (χ3n) is 3.51. The monoisotopic (exact) mass is 277 g/mol. The first-order chi connectivity index (χ1) is 9.65. The van der Waals surface area contributed by atoms with Crippen LogP contribution in [0.5, 0.6) is 0 Å². The molecule has 1 aromatic carbocycles. The molecule has 4 nitrogen and oxygen atoms in total. The molecule has 1 aromatic rings. The number of nitrogens with one attached hydrogen (secondary N) is 2. The van der Waals surface area contributed by atoms with Crippen molar-refractivity contribution < 1.29 is 9.18 Å². The van der Waals surface area contributed by atoms with Gasteiger partial charge < -0.3 is 5.32 Å². The maximum Gasteiger partial charge on any atom is 0.259 e. The molecule has 0 aromatic heterocycles. The highest BCUT2D eigenvalue weighted by Crippen LogP contribution is 2.20. The van der Waals surface area contributed by atoms with Crippen LogP contribution < -0.4 is 10.7 Å². The molecule has 0 aliphatic heterocycles. The van der Waals surface area contributed by atoms with Gasteiger partial charge in [0.2, 0.25) is 0 Å². The fourth-order valence-corrected chi connectivity index (χ4v) is 2.26. The number of anilines is 1. The van der Waals surface area contributed by atoms with Gasteiger partial charge in [-0.05, 0) is 49.4 Å². The zero-order chi connectivity index (χ0) is 14.4. The van der Waals surface area contributed by atoms with Crippen molar-refractivity contribution in [1.82, 2.24) is 5.43 Å². The highest BCUT2D eigenvalue weighted by molar-refractivity contribution is 5.89. The molecule has 0 radical (unpaired) electrons. The Hall–Kier alpha value is -1.91. The molecule has 2 N–H and O–H groups in total. The second-order valence-corrected chi connectivity index (χ2v) is 5.15. The standard InChI is InChI=1S/C15H20FN3O/c1-11-4-2-3-5-14(11)18-19-15(20)10-17-13-8-6-12(16)7-9-13/h6-9,11,17H,2-5,10H2,1H3,(H,19,20). The predicted molar refractivity (Wildman–Crippen MR) is 78.1 cm³/mol. The molecule has 1 unspecified atom stereocenters. The summed E-state index contributed by atoms with van der Waals surface area (Å²) in [7, 11) is 0. The molecule has 0 saturated heterocycles. The third-order valence-corrected chi connectivity index (χ3v) is 3.51. The summed E-state index contributed by atoms with van der Waals surface area (Å²) in [6.45, 7) is 2.26. The summed E-state index contributed by atoms with van der Waals surface area (Å²) in [6, 6.07) is 5.89. The highest BCUT2D eigenvalue weighted by atomic mass is 19.1. The SMILES string of the molecule is CC1CCCCC1=NNC(=O)CNc1ccc(F)cc1. The molecule has 108 valence electrons. The van der Waals surface area contributed by atoms with E-state index >= 15 is 0 Å². The summed E-state index contributed by atoms with van der Waals surface area (Å²) in [6.07, 6.45) is 4.49. The van der Waals surface area contributed by atoms with Gasteiger partial charge in [-0.25, -0.2) is 9.82 Å². The zero-order valence-electron chi connectivity index (χ0n) is 11.7. The number of hydrogen-bond donors (Lipinski definition) is 2. The first-order valence-electron chi connectivity index (χ1n) is 7.00. The summed E-state index contributed by atoms with van der Waals surface area (Å²) in [5.74, 6) is -0.0357. The van der Waals surface area contributed by atoms with Crippen LogP contribution in [-0.2, 0) is 4.79 Å². The Morgan fingerprint density at radius 3 is 2.80 bits per heavy atom. The van der Waals surface area contributed by atoms with Crippen molar-refractivity contribution in [2.24, 2.45) is 11.0 Å². The number of benzene rings is 1. The Labute approximate surface area is 118 Å². The number of carbonyl (C=O) groups excluding carboxylic acids is 1. The number of amides is 1. The predicted octanol–water partition coefficient (Wildman–Crippen LogP) is 2.92. The fraction of sp³-hybridized carbons (Fsp3) is 0.467. The number of halogens is 1. The zero-order valence-corrected chi connectivity index (χ0v) is 11.7. The molecular formula is C15H20FN3O.